The van der Waals surface area contributed by atoms with Gasteiger partial charge in [-0.25, -0.2) is 4.98 Å². The molecule has 6 heteroatoms. The third kappa shape index (κ3) is 4.53. The first-order valence-electron chi connectivity index (χ1n) is 7.65. The largest absolute Gasteiger partial charge is 0.369 e. The maximum atomic E-state index is 4.22. The second-order valence-electron chi connectivity index (χ2n) is 5.61. The summed E-state index contributed by atoms with van der Waals surface area (Å²) >= 11 is 3.36. The van der Waals surface area contributed by atoms with E-state index in [9.17, 15) is 0 Å². The highest BCUT2D eigenvalue weighted by atomic mass is 79.9. The van der Waals surface area contributed by atoms with Crippen molar-refractivity contribution in [1.29, 1.82) is 0 Å². The van der Waals surface area contributed by atoms with Crippen LogP contribution in [-0.2, 0) is 0 Å². The Morgan fingerprint density at radius 2 is 1.83 bits per heavy atom. The molecule has 0 aliphatic carbocycles. The van der Waals surface area contributed by atoms with Crippen molar-refractivity contribution in [3.05, 3.63) is 52.6 Å². The van der Waals surface area contributed by atoms with Gasteiger partial charge in [-0.3, -0.25) is 5.43 Å². The molecule has 1 aliphatic heterocycles. The molecular weight excluding hydrogens is 354 g/mol. The maximum Gasteiger partial charge on any atom is 0.146 e. The molecule has 1 fully saturated rings. The summed E-state index contributed by atoms with van der Waals surface area (Å²) < 4.78 is 0.950. The van der Waals surface area contributed by atoms with Crippen molar-refractivity contribution in [1.82, 2.24) is 9.88 Å². The standard InChI is InChI=1S/C17H20BrN5/c1-22-8-10-23(11-9-22)16-5-2-14(3-6-16)12-20-21-17-7-4-15(18)13-19-17/h2-7,12-13H,8-11H2,1H3,(H,19,21)/b20-12+. The number of hydrogen-bond acceptors (Lipinski definition) is 5. The third-order valence-corrected chi connectivity index (χ3v) is 4.35. The molecule has 1 saturated heterocycles. The number of likely N-dealkylation sites (N-methyl/N-ethyl adjacent to an activating group) is 1. The van der Waals surface area contributed by atoms with E-state index in [1.54, 1.807) is 12.4 Å². The van der Waals surface area contributed by atoms with E-state index < -0.39 is 0 Å². The molecule has 23 heavy (non-hydrogen) atoms. The molecule has 0 atom stereocenters. The van der Waals surface area contributed by atoms with Crippen LogP contribution in [0.3, 0.4) is 0 Å². The molecule has 0 unspecified atom stereocenters. The number of nitrogens with one attached hydrogen (secondary N) is 1. The van der Waals surface area contributed by atoms with Gasteiger partial charge < -0.3 is 9.80 Å². The van der Waals surface area contributed by atoms with E-state index in [1.165, 1.54) is 5.69 Å². The number of aromatic nitrogens is 1. The summed E-state index contributed by atoms with van der Waals surface area (Å²) in [4.78, 5) is 8.99. The highest BCUT2D eigenvalue weighted by molar-refractivity contribution is 9.10. The highest BCUT2D eigenvalue weighted by Crippen LogP contribution is 2.16. The molecule has 3 rings (SSSR count). The smallest absolute Gasteiger partial charge is 0.146 e. The fourth-order valence-electron chi connectivity index (χ4n) is 2.45. The van der Waals surface area contributed by atoms with E-state index in [0.29, 0.717) is 0 Å². The van der Waals surface area contributed by atoms with Crippen molar-refractivity contribution >= 4 is 33.6 Å². The van der Waals surface area contributed by atoms with Crippen molar-refractivity contribution in [2.75, 3.05) is 43.6 Å². The SMILES string of the molecule is CN1CCN(c2ccc(/C=N/Nc3ccc(Br)cn3)cc2)CC1. The van der Waals surface area contributed by atoms with Crippen LogP contribution in [0.15, 0.2) is 52.2 Å². The average molecular weight is 374 g/mol. The minimum Gasteiger partial charge on any atom is -0.369 e. The van der Waals surface area contributed by atoms with Gasteiger partial charge >= 0.3 is 0 Å². The molecular formula is C17H20BrN5. The monoisotopic (exact) mass is 373 g/mol. The number of benzene rings is 1. The first-order valence-corrected chi connectivity index (χ1v) is 8.44. The molecule has 0 spiro atoms. The van der Waals surface area contributed by atoms with Gasteiger partial charge in [0.25, 0.3) is 0 Å². The molecule has 0 radical (unpaired) electrons. The molecule has 1 aromatic heterocycles. The quantitative estimate of drug-likeness (QED) is 0.660. The maximum absolute atomic E-state index is 4.22. The van der Waals surface area contributed by atoms with E-state index in [-0.39, 0.29) is 0 Å². The lowest BCUT2D eigenvalue weighted by molar-refractivity contribution is 0.313. The summed E-state index contributed by atoms with van der Waals surface area (Å²) in [6.07, 6.45) is 3.54. The Hall–Kier alpha value is -1.92. The fraction of sp³-hybridized carbons (Fsp3) is 0.294. The molecule has 5 nitrogen and oxygen atoms in total. The number of halogens is 1. The lowest BCUT2D eigenvalue weighted by Gasteiger charge is -2.34. The number of anilines is 2. The summed E-state index contributed by atoms with van der Waals surface area (Å²) in [5.74, 6) is 0.721. The van der Waals surface area contributed by atoms with Gasteiger partial charge in [-0.1, -0.05) is 12.1 Å². The first-order chi connectivity index (χ1) is 11.2. The van der Waals surface area contributed by atoms with Crippen LogP contribution in [0.25, 0.3) is 0 Å². The zero-order valence-electron chi connectivity index (χ0n) is 13.1. The molecule has 0 amide bonds. The second-order valence-corrected chi connectivity index (χ2v) is 6.53. The summed E-state index contributed by atoms with van der Waals surface area (Å²) in [5, 5.41) is 4.22. The van der Waals surface area contributed by atoms with Crippen molar-refractivity contribution in [2.45, 2.75) is 0 Å². The predicted octanol–water partition coefficient (Wildman–Crippen LogP) is 3.04. The fourth-order valence-corrected chi connectivity index (χ4v) is 2.69. The van der Waals surface area contributed by atoms with Gasteiger partial charge in [-0.05, 0) is 52.8 Å². The number of nitrogens with zero attached hydrogens (tertiary/aromatic N) is 4. The van der Waals surface area contributed by atoms with E-state index in [0.717, 1.165) is 42.0 Å². The molecule has 0 saturated carbocycles. The normalized spacial score (nSPS) is 16.0. The Bertz CT molecular complexity index is 646. The minimum absolute atomic E-state index is 0.721. The number of hydrogen-bond donors (Lipinski definition) is 1. The summed E-state index contributed by atoms with van der Waals surface area (Å²) in [7, 11) is 2.17. The lowest BCUT2D eigenvalue weighted by atomic mass is 10.2. The van der Waals surface area contributed by atoms with Crippen LogP contribution in [0, 0.1) is 0 Å². The van der Waals surface area contributed by atoms with E-state index in [4.69, 9.17) is 0 Å². The summed E-state index contributed by atoms with van der Waals surface area (Å²) in [5.41, 5.74) is 5.26. The third-order valence-electron chi connectivity index (χ3n) is 3.88. The zero-order valence-corrected chi connectivity index (χ0v) is 14.7. The number of hydrazone groups is 1. The van der Waals surface area contributed by atoms with Gasteiger partial charge in [-0.15, -0.1) is 0 Å². The van der Waals surface area contributed by atoms with Crippen LogP contribution in [0.5, 0.6) is 0 Å². The van der Waals surface area contributed by atoms with Crippen LogP contribution >= 0.6 is 15.9 Å². The van der Waals surface area contributed by atoms with Gasteiger partial charge in [0, 0.05) is 42.5 Å². The van der Waals surface area contributed by atoms with Crippen molar-refractivity contribution in [2.24, 2.45) is 5.10 Å². The number of rotatable bonds is 4. The Kier molecular flexibility index (Phi) is 5.25. The topological polar surface area (TPSA) is 43.8 Å². The number of pyridine rings is 1. The van der Waals surface area contributed by atoms with Gasteiger partial charge in [0.2, 0.25) is 0 Å². The van der Waals surface area contributed by atoms with Gasteiger partial charge in [0.1, 0.15) is 5.82 Å². The van der Waals surface area contributed by atoms with Crippen molar-refractivity contribution in [3.63, 3.8) is 0 Å². The Labute approximate surface area is 145 Å². The van der Waals surface area contributed by atoms with E-state index in [2.05, 4.69) is 72.6 Å². The molecule has 120 valence electrons. The summed E-state index contributed by atoms with van der Waals surface area (Å²) in [6.45, 7) is 4.40. The second kappa shape index (κ2) is 7.57. The Morgan fingerprint density at radius 1 is 1.09 bits per heavy atom. The van der Waals surface area contributed by atoms with Crippen LogP contribution in [0.1, 0.15) is 5.56 Å². The highest BCUT2D eigenvalue weighted by Gasteiger charge is 2.13. The Balaban J connectivity index is 1.56. The molecule has 0 bridgehead atoms. The van der Waals surface area contributed by atoms with Crippen LogP contribution in [0.2, 0.25) is 0 Å². The van der Waals surface area contributed by atoms with Gasteiger partial charge in [0.05, 0.1) is 6.21 Å². The Morgan fingerprint density at radius 3 is 2.48 bits per heavy atom. The molecule has 1 aliphatic rings. The van der Waals surface area contributed by atoms with Gasteiger partial charge in [-0.2, -0.15) is 5.10 Å². The van der Waals surface area contributed by atoms with Crippen LogP contribution < -0.4 is 10.3 Å². The predicted molar refractivity (Wildman–Crippen MR) is 99.3 cm³/mol. The van der Waals surface area contributed by atoms with Gasteiger partial charge in [0.15, 0.2) is 0 Å². The summed E-state index contributed by atoms with van der Waals surface area (Å²) in [6, 6.07) is 12.3. The van der Waals surface area contributed by atoms with Crippen LogP contribution in [0.4, 0.5) is 11.5 Å². The van der Waals surface area contributed by atoms with Crippen LogP contribution in [-0.4, -0.2) is 49.3 Å². The average Bonchev–Trinajstić information content (AvgIpc) is 2.58. The van der Waals surface area contributed by atoms with Crippen molar-refractivity contribution < 1.29 is 0 Å². The van der Waals surface area contributed by atoms with Crippen molar-refractivity contribution in [3.8, 4) is 0 Å². The number of piperazine rings is 1. The zero-order chi connectivity index (χ0) is 16.1. The molecule has 2 heterocycles. The van der Waals surface area contributed by atoms with E-state index in [1.807, 2.05) is 12.1 Å². The molecule has 1 aromatic carbocycles. The molecule has 2 aromatic rings. The molecule has 1 N–H and O–H groups in total. The first kappa shape index (κ1) is 16.0. The van der Waals surface area contributed by atoms with E-state index >= 15 is 0 Å². The minimum atomic E-state index is 0.721. The lowest BCUT2D eigenvalue weighted by Crippen LogP contribution is -2.44.